The number of hydrogen-bond donors (Lipinski definition) is 0. The molecule has 166 valence electrons. The van der Waals surface area contributed by atoms with Crippen LogP contribution >= 0.6 is 0 Å². The maximum atomic E-state index is 14.1. The number of esters is 1. The van der Waals surface area contributed by atoms with E-state index in [1.54, 1.807) is 42.5 Å². The smallest absolute Gasteiger partial charge is 0.319 e. The largest absolute Gasteiger partial charge is 0.497 e. The van der Waals surface area contributed by atoms with Crippen molar-refractivity contribution in [1.29, 1.82) is 0 Å². The van der Waals surface area contributed by atoms with Crippen LogP contribution in [0.1, 0.15) is 23.0 Å². The van der Waals surface area contributed by atoms with E-state index in [0.29, 0.717) is 16.9 Å². The average molecular weight is 448 g/mol. The zero-order valence-corrected chi connectivity index (χ0v) is 16.7. The van der Waals surface area contributed by atoms with E-state index >= 15 is 0 Å². The molecule has 0 N–H and O–H groups in total. The van der Waals surface area contributed by atoms with Crippen LogP contribution in [0.3, 0.4) is 0 Å². The zero-order chi connectivity index (χ0) is 23.4. The second kappa shape index (κ2) is 9.64. The molecule has 8 heteroatoms. The van der Waals surface area contributed by atoms with E-state index < -0.39 is 52.6 Å². The molecule has 0 aromatic heterocycles. The predicted octanol–water partition coefficient (Wildman–Crippen LogP) is 6.05. The molecule has 0 aliphatic rings. The summed E-state index contributed by atoms with van der Waals surface area (Å²) in [5.74, 6) is -15.6. The van der Waals surface area contributed by atoms with Crippen LogP contribution in [0.2, 0.25) is 0 Å². The fourth-order valence-corrected chi connectivity index (χ4v) is 3.28. The van der Waals surface area contributed by atoms with Crippen molar-refractivity contribution < 1.29 is 36.2 Å². The minimum absolute atomic E-state index is 0.355. The van der Waals surface area contributed by atoms with E-state index in [0.717, 1.165) is 0 Å². The summed E-state index contributed by atoms with van der Waals surface area (Å²) >= 11 is 0. The first-order valence-corrected chi connectivity index (χ1v) is 9.34. The van der Waals surface area contributed by atoms with Gasteiger partial charge < -0.3 is 9.47 Å². The van der Waals surface area contributed by atoms with E-state index in [1.807, 2.05) is 0 Å². The number of benzene rings is 3. The molecule has 0 saturated carbocycles. The van der Waals surface area contributed by atoms with Crippen LogP contribution in [0.4, 0.5) is 22.0 Å². The molecular weight excluding hydrogens is 431 g/mol. The Kier molecular flexibility index (Phi) is 6.92. The van der Waals surface area contributed by atoms with Crippen LogP contribution in [0.25, 0.3) is 0 Å². The van der Waals surface area contributed by atoms with E-state index in [9.17, 15) is 26.7 Å². The van der Waals surface area contributed by atoms with Crippen molar-refractivity contribution >= 4 is 5.97 Å². The highest BCUT2D eigenvalue weighted by Crippen LogP contribution is 2.37. The molecule has 0 amide bonds. The Labute approximate surface area is 180 Å². The van der Waals surface area contributed by atoms with Crippen LogP contribution in [-0.2, 0) is 4.79 Å². The fraction of sp³-hybridized carbons (Fsp3) is 0.125. The Morgan fingerprint density at radius 2 is 1.34 bits per heavy atom. The molecule has 0 spiro atoms. The second-order valence-electron chi connectivity index (χ2n) is 6.74. The van der Waals surface area contributed by atoms with Crippen molar-refractivity contribution in [2.24, 2.45) is 0 Å². The third-order valence-electron chi connectivity index (χ3n) is 4.90. The molecule has 0 heterocycles. The Balaban J connectivity index is 2.09. The van der Waals surface area contributed by atoms with E-state index in [2.05, 4.69) is 6.58 Å². The standard InChI is InChI=1S/C24H17F5O3/c1-3-16(13-7-5-4-6-8-13)17(14-9-11-15(31-2)12-10-14)24(30)32-23-21(28)19(26)18(25)20(27)22(23)29/h3-12,16-17H,1H2,2H3/t16-,17+/m1/s1. The van der Waals surface area contributed by atoms with Crippen molar-refractivity contribution in [3.8, 4) is 11.5 Å². The van der Waals surface area contributed by atoms with Gasteiger partial charge in [0.25, 0.3) is 0 Å². The molecule has 0 unspecified atom stereocenters. The van der Waals surface area contributed by atoms with Crippen molar-refractivity contribution in [3.63, 3.8) is 0 Å². The van der Waals surface area contributed by atoms with Gasteiger partial charge in [0.2, 0.25) is 34.8 Å². The van der Waals surface area contributed by atoms with Crippen molar-refractivity contribution in [3.05, 3.63) is 107 Å². The highest BCUT2D eigenvalue weighted by molar-refractivity contribution is 5.82. The first kappa shape index (κ1) is 23.0. The van der Waals surface area contributed by atoms with Gasteiger partial charge in [0.1, 0.15) is 5.75 Å². The predicted molar refractivity (Wildman–Crippen MR) is 107 cm³/mol. The Morgan fingerprint density at radius 1 is 0.812 bits per heavy atom. The molecule has 0 fully saturated rings. The van der Waals surface area contributed by atoms with Gasteiger partial charge >= 0.3 is 5.97 Å². The number of ether oxygens (including phenoxy) is 2. The third kappa shape index (κ3) is 4.34. The van der Waals surface area contributed by atoms with Crippen molar-refractivity contribution in [2.75, 3.05) is 7.11 Å². The van der Waals surface area contributed by atoms with E-state index in [4.69, 9.17) is 9.47 Å². The Bertz CT molecular complexity index is 1100. The summed E-state index contributed by atoms with van der Waals surface area (Å²) in [6, 6.07) is 14.8. The van der Waals surface area contributed by atoms with Crippen LogP contribution in [0.5, 0.6) is 11.5 Å². The summed E-state index contributed by atoms with van der Waals surface area (Å²) in [6.07, 6.45) is 1.43. The van der Waals surface area contributed by atoms with Crippen LogP contribution in [-0.4, -0.2) is 13.1 Å². The molecule has 0 aliphatic carbocycles. The van der Waals surface area contributed by atoms with Crippen LogP contribution in [0, 0.1) is 29.1 Å². The number of halogens is 5. The van der Waals surface area contributed by atoms with Crippen LogP contribution in [0.15, 0.2) is 67.3 Å². The minimum Gasteiger partial charge on any atom is -0.497 e. The van der Waals surface area contributed by atoms with Gasteiger partial charge in [0.15, 0.2) is 0 Å². The number of rotatable bonds is 7. The SMILES string of the molecule is C=C[C@H](c1ccccc1)[C@@H](C(=O)Oc1c(F)c(F)c(F)c(F)c1F)c1ccc(OC)cc1. The summed E-state index contributed by atoms with van der Waals surface area (Å²) < 4.78 is 78.5. The number of allylic oxidation sites excluding steroid dienone is 1. The lowest BCUT2D eigenvalue weighted by Gasteiger charge is -2.24. The van der Waals surface area contributed by atoms with Gasteiger partial charge in [-0.3, -0.25) is 4.79 Å². The molecule has 3 aromatic carbocycles. The maximum absolute atomic E-state index is 14.1. The Morgan fingerprint density at radius 3 is 1.84 bits per heavy atom. The summed E-state index contributed by atoms with van der Waals surface area (Å²) in [6.45, 7) is 3.73. The minimum atomic E-state index is -2.35. The van der Waals surface area contributed by atoms with Gasteiger partial charge in [0.05, 0.1) is 13.0 Å². The quantitative estimate of drug-likeness (QED) is 0.110. The maximum Gasteiger partial charge on any atom is 0.319 e. The molecule has 0 radical (unpaired) electrons. The first-order chi connectivity index (χ1) is 15.3. The third-order valence-corrected chi connectivity index (χ3v) is 4.90. The molecule has 2 atom stereocenters. The lowest BCUT2D eigenvalue weighted by molar-refractivity contribution is -0.136. The lowest BCUT2D eigenvalue weighted by atomic mass is 9.81. The molecule has 3 nitrogen and oxygen atoms in total. The monoisotopic (exact) mass is 448 g/mol. The van der Waals surface area contributed by atoms with Gasteiger partial charge in [-0.2, -0.15) is 8.78 Å². The van der Waals surface area contributed by atoms with Crippen molar-refractivity contribution in [1.82, 2.24) is 0 Å². The number of carbonyl (C=O) groups excluding carboxylic acids is 1. The Hall–Kier alpha value is -3.68. The van der Waals surface area contributed by atoms with Gasteiger partial charge in [-0.15, -0.1) is 6.58 Å². The summed E-state index contributed by atoms with van der Waals surface area (Å²) in [7, 11) is 1.44. The fourth-order valence-electron chi connectivity index (χ4n) is 3.28. The van der Waals surface area contributed by atoms with E-state index in [1.165, 1.54) is 25.3 Å². The van der Waals surface area contributed by atoms with E-state index in [-0.39, 0.29) is 0 Å². The van der Waals surface area contributed by atoms with Gasteiger partial charge in [0, 0.05) is 5.92 Å². The lowest BCUT2D eigenvalue weighted by Crippen LogP contribution is -2.25. The summed E-state index contributed by atoms with van der Waals surface area (Å²) in [5.41, 5.74) is 0.978. The first-order valence-electron chi connectivity index (χ1n) is 9.34. The molecule has 3 aromatic rings. The molecule has 0 bridgehead atoms. The normalized spacial score (nSPS) is 12.7. The average Bonchev–Trinajstić information content (AvgIpc) is 2.83. The van der Waals surface area contributed by atoms with Crippen molar-refractivity contribution in [2.45, 2.75) is 11.8 Å². The molecule has 3 rings (SSSR count). The van der Waals surface area contributed by atoms with Gasteiger partial charge in [-0.1, -0.05) is 48.5 Å². The highest BCUT2D eigenvalue weighted by atomic mass is 19.2. The highest BCUT2D eigenvalue weighted by Gasteiger charge is 2.35. The summed E-state index contributed by atoms with van der Waals surface area (Å²) in [5, 5.41) is 0. The number of methoxy groups -OCH3 is 1. The summed E-state index contributed by atoms with van der Waals surface area (Å²) in [4.78, 5) is 13.1. The molecule has 0 aliphatic heterocycles. The van der Waals surface area contributed by atoms with Gasteiger partial charge in [-0.25, -0.2) is 13.2 Å². The number of carbonyl (C=O) groups is 1. The second-order valence-corrected chi connectivity index (χ2v) is 6.74. The number of hydrogen-bond acceptors (Lipinski definition) is 3. The molecule has 32 heavy (non-hydrogen) atoms. The van der Waals surface area contributed by atoms with Gasteiger partial charge in [-0.05, 0) is 23.3 Å². The molecular formula is C24H17F5O3. The zero-order valence-electron chi connectivity index (χ0n) is 16.7. The topological polar surface area (TPSA) is 35.5 Å². The van der Waals surface area contributed by atoms with Crippen LogP contribution < -0.4 is 9.47 Å². The molecule has 0 saturated heterocycles.